The van der Waals surface area contributed by atoms with E-state index in [4.69, 9.17) is 5.73 Å². The third kappa shape index (κ3) is 2.29. The first kappa shape index (κ1) is 15.2. The maximum atomic E-state index is 9.73. The highest BCUT2D eigenvalue weighted by Gasteiger charge is 2.23. The second kappa shape index (κ2) is 5.62. The first-order valence-corrected chi connectivity index (χ1v) is 8.50. The highest BCUT2D eigenvalue weighted by Crippen LogP contribution is 2.38. The average molecular weight is 318 g/mol. The fourth-order valence-corrected chi connectivity index (χ4v) is 3.74. The molecule has 3 nitrogen and oxygen atoms in total. The molecule has 0 spiro atoms. The zero-order valence-electron chi connectivity index (χ0n) is 13.8. The number of hydrogen-bond donors (Lipinski definition) is 3. The molecular formula is C21H22N2O. The van der Waals surface area contributed by atoms with Crippen molar-refractivity contribution in [3.63, 3.8) is 0 Å². The van der Waals surface area contributed by atoms with Crippen molar-refractivity contribution in [1.82, 2.24) is 0 Å². The Morgan fingerprint density at radius 1 is 0.917 bits per heavy atom. The van der Waals surface area contributed by atoms with Gasteiger partial charge in [0.1, 0.15) is 5.66 Å². The minimum Gasteiger partial charge on any atom is -0.393 e. The van der Waals surface area contributed by atoms with Gasteiger partial charge in [0.25, 0.3) is 0 Å². The number of aliphatic hydroxyl groups is 1. The quantitative estimate of drug-likeness (QED) is 0.376. The second-order valence-corrected chi connectivity index (χ2v) is 6.66. The van der Waals surface area contributed by atoms with Crippen molar-refractivity contribution in [2.45, 2.75) is 25.4 Å². The predicted octanol–water partition coefficient (Wildman–Crippen LogP) is 4.44. The van der Waals surface area contributed by atoms with Crippen LogP contribution in [0.2, 0.25) is 0 Å². The van der Waals surface area contributed by atoms with Crippen LogP contribution >= 0.6 is 0 Å². The first-order valence-electron chi connectivity index (χ1n) is 8.50. The summed E-state index contributed by atoms with van der Waals surface area (Å²) in [6.07, 6.45) is 1.63. The van der Waals surface area contributed by atoms with Crippen molar-refractivity contribution in [2.75, 3.05) is 11.9 Å². The Labute approximate surface area is 141 Å². The zero-order valence-corrected chi connectivity index (χ0v) is 13.8. The average Bonchev–Trinajstić information content (AvgIpc) is 2.61. The molecule has 0 aromatic heterocycles. The first-order chi connectivity index (χ1) is 11.6. The second-order valence-electron chi connectivity index (χ2n) is 6.66. The van der Waals surface area contributed by atoms with Crippen molar-refractivity contribution < 1.29 is 5.11 Å². The van der Waals surface area contributed by atoms with Crippen LogP contribution in [0.3, 0.4) is 0 Å². The van der Waals surface area contributed by atoms with E-state index in [1.54, 1.807) is 0 Å². The van der Waals surface area contributed by atoms with Crippen LogP contribution in [-0.2, 0) is 0 Å². The molecule has 0 amide bonds. The topological polar surface area (TPSA) is 58.3 Å². The Balaban J connectivity index is 1.97. The molecule has 4 rings (SSSR count). The lowest BCUT2D eigenvalue weighted by molar-refractivity contribution is 0.206. The van der Waals surface area contributed by atoms with Gasteiger partial charge in [-0.1, -0.05) is 61.9 Å². The van der Waals surface area contributed by atoms with Gasteiger partial charge >= 0.3 is 0 Å². The van der Waals surface area contributed by atoms with Gasteiger partial charge in [0.05, 0.1) is 6.61 Å². The lowest BCUT2D eigenvalue weighted by Gasteiger charge is -2.30. The Morgan fingerprint density at radius 2 is 1.54 bits per heavy atom. The van der Waals surface area contributed by atoms with Gasteiger partial charge in [0.15, 0.2) is 0 Å². The summed E-state index contributed by atoms with van der Waals surface area (Å²) in [6, 6.07) is 19.2. The van der Waals surface area contributed by atoms with Crippen LogP contribution in [0.15, 0.2) is 54.6 Å². The summed E-state index contributed by atoms with van der Waals surface area (Å²) in [5.74, 6) is 0. The lowest BCUT2D eigenvalue weighted by atomic mass is 9.93. The zero-order chi connectivity index (χ0) is 16.7. The van der Waals surface area contributed by atoms with Crippen molar-refractivity contribution >= 4 is 38.0 Å². The van der Waals surface area contributed by atoms with Crippen LogP contribution < -0.4 is 11.1 Å². The van der Waals surface area contributed by atoms with E-state index in [2.05, 4.69) is 66.8 Å². The minimum absolute atomic E-state index is 0.0944. The molecule has 0 radical (unpaired) electrons. The van der Waals surface area contributed by atoms with E-state index in [9.17, 15) is 5.11 Å². The molecule has 0 heterocycles. The van der Waals surface area contributed by atoms with E-state index < -0.39 is 5.66 Å². The molecule has 4 N–H and O–H groups in total. The number of nitrogens with two attached hydrogens (primary N) is 1. The van der Waals surface area contributed by atoms with Crippen LogP contribution in [0.5, 0.6) is 0 Å². The molecule has 0 fully saturated rings. The number of benzene rings is 4. The van der Waals surface area contributed by atoms with Gasteiger partial charge in [0.2, 0.25) is 0 Å². The summed E-state index contributed by atoms with van der Waals surface area (Å²) < 4.78 is 0. The van der Waals surface area contributed by atoms with Crippen molar-refractivity contribution in [3.8, 4) is 0 Å². The minimum atomic E-state index is -0.794. The third-order valence-electron chi connectivity index (χ3n) is 4.89. The Bertz CT molecular complexity index is 995. The van der Waals surface area contributed by atoms with Gasteiger partial charge in [-0.05, 0) is 39.4 Å². The SMILES string of the molecule is CCCC(N)(CO)Nc1ccc2ccc3cccc4ccc1c2c34. The van der Waals surface area contributed by atoms with Crippen LogP contribution in [0.4, 0.5) is 5.69 Å². The van der Waals surface area contributed by atoms with E-state index in [1.807, 2.05) is 0 Å². The molecule has 24 heavy (non-hydrogen) atoms. The number of aliphatic hydroxyl groups excluding tert-OH is 1. The number of rotatable bonds is 5. The van der Waals surface area contributed by atoms with Crippen molar-refractivity contribution in [3.05, 3.63) is 54.6 Å². The molecule has 3 heteroatoms. The summed E-state index contributed by atoms with van der Waals surface area (Å²) in [4.78, 5) is 0. The maximum Gasteiger partial charge on any atom is 0.109 e. The van der Waals surface area contributed by atoms with Crippen LogP contribution in [-0.4, -0.2) is 17.4 Å². The highest BCUT2D eigenvalue weighted by atomic mass is 16.3. The molecule has 0 bridgehead atoms. The van der Waals surface area contributed by atoms with Crippen molar-refractivity contribution in [2.24, 2.45) is 5.73 Å². The molecular weight excluding hydrogens is 296 g/mol. The van der Waals surface area contributed by atoms with E-state index in [0.29, 0.717) is 6.42 Å². The molecule has 0 aliphatic carbocycles. The molecule has 0 saturated carbocycles. The normalized spacial score (nSPS) is 14.5. The van der Waals surface area contributed by atoms with Crippen LogP contribution in [0.1, 0.15) is 19.8 Å². The third-order valence-corrected chi connectivity index (χ3v) is 4.89. The van der Waals surface area contributed by atoms with E-state index in [-0.39, 0.29) is 6.61 Å². The Morgan fingerprint density at radius 3 is 2.21 bits per heavy atom. The smallest absolute Gasteiger partial charge is 0.109 e. The highest BCUT2D eigenvalue weighted by molar-refractivity contribution is 6.25. The van der Waals surface area contributed by atoms with Gasteiger partial charge in [-0.15, -0.1) is 0 Å². The number of anilines is 1. The molecule has 0 aliphatic heterocycles. The van der Waals surface area contributed by atoms with E-state index >= 15 is 0 Å². The summed E-state index contributed by atoms with van der Waals surface area (Å²) in [5, 5.41) is 20.5. The number of nitrogens with one attached hydrogen (secondary N) is 1. The van der Waals surface area contributed by atoms with Gasteiger partial charge in [-0.3, -0.25) is 0 Å². The van der Waals surface area contributed by atoms with Crippen LogP contribution in [0.25, 0.3) is 32.3 Å². The van der Waals surface area contributed by atoms with Gasteiger partial charge in [-0.2, -0.15) is 0 Å². The van der Waals surface area contributed by atoms with Crippen LogP contribution in [0, 0.1) is 0 Å². The fourth-order valence-electron chi connectivity index (χ4n) is 3.74. The fraction of sp³-hybridized carbons (Fsp3) is 0.238. The van der Waals surface area contributed by atoms with Gasteiger partial charge in [0, 0.05) is 11.1 Å². The maximum absolute atomic E-state index is 9.73. The summed E-state index contributed by atoms with van der Waals surface area (Å²) in [6.45, 7) is 1.98. The molecule has 1 atom stereocenters. The molecule has 4 aromatic carbocycles. The monoisotopic (exact) mass is 318 g/mol. The van der Waals surface area contributed by atoms with E-state index in [1.165, 1.54) is 26.9 Å². The molecule has 0 saturated heterocycles. The van der Waals surface area contributed by atoms with Gasteiger partial charge < -0.3 is 16.2 Å². The molecule has 122 valence electrons. The molecule has 0 aliphatic rings. The molecule has 4 aromatic rings. The standard InChI is InChI=1S/C21H22N2O/c1-2-12-21(22,13-24)23-18-11-9-16-7-6-14-4-3-5-15-8-10-17(18)20(16)19(14)15/h3-11,23-24H,2,12-13,22H2,1H3. The molecule has 1 unspecified atom stereocenters. The van der Waals surface area contributed by atoms with Gasteiger partial charge in [-0.25, -0.2) is 0 Å². The summed E-state index contributed by atoms with van der Waals surface area (Å²) in [5.41, 5.74) is 6.53. The Hall–Kier alpha value is -2.36. The lowest BCUT2D eigenvalue weighted by Crippen LogP contribution is -2.51. The number of hydrogen-bond acceptors (Lipinski definition) is 3. The van der Waals surface area contributed by atoms with Crippen molar-refractivity contribution in [1.29, 1.82) is 0 Å². The largest absolute Gasteiger partial charge is 0.393 e. The van der Waals surface area contributed by atoms with E-state index in [0.717, 1.165) is 17.5 Å². The predicted molar refractivity (Wildman–Crippen MR) is 103 cm³/mol. The summed E-state index contributed by atoms with van der Waals surface area (Å²) in [7, 11) is 0. The Kier molecular flexibility index (Phi) is 3.56. The summed E-state index contributed by atoms with van der Waals surface area (Å²) >= 11 is 0.